The quantitative estimate of drug-likeness (QED) is 0.374. The van der Waals surface area contributed by atoms with E-state index in [1.165, 1.54) is 0 Å². The molecule has 0 N–H and O–H groups in total. The first-order valence-electron chi connectivity index (χ1n) is 0.943. The van der Waals surface area contributed by atoms with Crippen LogP contribution in [0.2, 0.25) is 0 Å². The summed E-state index contributed by atoms with van der Waals surface area (Å²) in [6.07, 6.45) is 0. The van der Waals surface area contributed by atoms with E-state index in [0.717, 1.165) is 0 Å². The maximum absolute atomic E-state index is 8.46. The van der Waals surface area contributed by atoms with Gasteiger partial charge in [0, 0.05) is 0 Å². The number of rotatable bonds is 0. The molecule has 0 aliphatic carbocycles. The molecule has 0 aromatic carbocycles. The SMILES string of the molecule is [Ca+2].[Ca+2].[H-].[H-].[O]=[Al][O-].[O]=[Al][O-]. The average molecular weight is 200 g/mol. The molecule has 36 valence electrons. The van der Waals surface area contributed by atoms with Crippen molar-refractivity contribution >= 4 is 106 Å². The molecule has 0 bridgehead atoms. The van der Waals surface area contributed by atoms with Gasteiger partial charge in [-0.15, -0.1) is 0 Å². The second-order valence-electron chi connectivity index (χ2n) is 0.192. The predicted octanol–water partition coefficient (Wildman–Crippen LogP) is -3.91. The predicted molar refractivity (Wildman–Crippen MR) is 26.6 cm³/mol. The molecule has 0 aromatic rings. The van der Waals surface area contributed by atoms with Gasteiger partial charge in [-0.2, -0.15) is 0 Å². The minimum absolute atomic E-state index is 0. The summed E-state index contributed by atoms with van der Waals surface area (Å²) < 4.78 is 33.8. The molecule has 0 heterocycles. The van der Waals surface area contributed by atoms with Gasteiger partial charge in [-0.25, -0.2) is 0 Å². The van der Waals surface area contributed by atoms with Crippen LogP contribution in [-0.4, -0.2) is 106 Å². The van der Waals surface area contributed by atoms with Gasteiger partial charge in [-0.1, -0.05) is 0 Å². The van der Waals surface area contributed by atoms with E-state index in [0.29, 0.717) is 0 Å². The van der Waals surface area contributed by atoms with Gasteiger partial charge in [0.1, 0.15) is 0 Å². The summed E-state index contributed by atoms with van der Waals surface area (Å²) in [4.78, 5) is 0. The first-order chi connectivity index (χ1) is 2.83. The molecular weight excluding hydrogens is 198 g/mol. The maximum atomic E-state index is 8.46. The van der Waals surface area contributed by atoms with Crippen LogP contribution < -0.4 is 8.32 Å². The van der Waals surface area contributed by atoms with Crippen LogP contribution in [0.3, 0.4) is 0 Å². The van der Waals surface area contributed by atoms with Crippen LogP contribution in [0.5, 0.6) is 0 Å². The van der Waals surface area contributed by atoms with E-state index in [1.807, 2.05) is 0 Å². The van der Waals surface area contributed by atoms with Crippen molar-refractivity contribution in [2.24, 2.45) is 0 Å². The van der Waals surface area contributed by atoms with Crippen molar-refractivity contribution in [3.63, 3.8) is 0 Å². The van der Waals surface area contributed by atoms with Gasteiger partial charge in [0.25, 0.3) is 0 Å². The normalized spacial score (nSPS) is 2.00. The zero-order valence-corrected chi connectivity index (χ0v) is 10.9. The fraction of sp³-hybridized carbons (Fsp3) is 0. The van der Waals surface area contributed by atoms with Crippen LogP contribution >= 0.6 is 0 Å². The van der Waals surface area contributed by atoms with Gasteiger partial charge in [0.15, 0.2) is 0 Å². The van der Waals surface area contributed by atoms with E-state index in [1.54, 1.807) is 0 Å². The Hall–Kier alpha value is 2.78. The van der Waals surface area contributed by atoms with Crippen molar-refractivity contribution in [2.75, 3.05) is 0 Å². The van der Waals surface area contributed by atoms with Crippen LogP contribution in [0.1, 0.15) is 2.85 Å². The summed E-state index contributed by atoms with van der Waals surface area (Å²) >= 11 is -3.50. The minimum atomic E-state index is -1.75. The summed E-state index contributed by atoms with van der Waals surface area (Å²) in [5.41, 5.74) is 0. The fourth-order valence-electron chi connectivity index (χ4n) is 0. The van der Waals surface area contributed by atoms with Crippen molar-refractivity contribution < 1.29 is 18.8 Å². The van der Waals surface area contributed by atoms with Crippen LogP contribution in [0.4, 0.5) is 0 Å². The van der Waals surface area contributed by atoms with Gasteiger partial charge in [0.2, 0.25) is 0 Å². The van der Waals surface area contributed by atoms with Gasteiger partial charge in [-0.05, 0) is 0 Å². The van der Waals surface area contributed by atoms with Crippen LogP contribution in [0.25, 0.3) is 0 Å². The summed E-state index contributed by atoms with van der Waals surface area (Å²) in [6, 6.07) is 0. The Morgan fingerprint density at radius 3 is 1.00 bits per heavy atom. The molecule has 4 nitrogen and oxygen atoms in total. The number of hydrogen-bond donors (Lipinski definition) is 0. The van der Waals surface area contributed by atoms with Gasteiger partial charge >= 0.3 is 122 Å². The van der Waals surface area contributed by atoms with Crippen molar-refractivity contribution in [3.05, 3.63) is 0 Å². The molecule has 0 radical (unpaired) electrons. The first-order valence-corrected chi connectivity index (χ1v) is 2.83. The third-order valence-electron chi connectivity index (χ3n) is 0. The molecule has 0 rings (SSSR count). The monoisotopic (exact) mass is 200 g/mol. The second kappa shape index (κ2) is 33.0. The van der Waals surface area contributed by atoms with Gasteiger partial charge in [-0.3, -0.25) is 0 Å². The molecule has 8 heteroatoms. The molecular formula is H2Al2Ca2O4. The van der Waals surface area contributed by atoms with E-state index >= 15 is 0 Å². The Labute approximate surface area is 123 Å². The van der Waals surface area contributed by atoms with Gasteiger partial charge < -0.3 is 2.85 Å². The molecule has 0 atom stereocenters. The molecule has 0 amide bonds. The van der Waals surface area contributed by atoms with E-state index in [9.17, 15) is 0 Å². The summed E-state index contributed by atoms with van der Waals surface area (Å²) in [6.45, 7) is 0. The molecule has 0 aliphatic heterocycles. The topological polar surface area (TPSA) is 80.3 Å². The summed E-state index contributed by atoms with van der Waals surface area (Å²) in [7, 11) is 0. The van der Waals surface area contributed by atoms with Crippen LogP contribution in [0.15, 0.2) is 0 Å². The Kier molecular flexibility index (Phi) is 92.5. The molecule has 0 unspecified atom stereocenters. The summed E-state index contributed by atoms with van der Waals surface area (Å²) in [5.74, 6) is 0. The van der Waals surface area contributed by atoms with Crippen LogP contribution in [-0.2, 0) is 7.61 Å². The standard InChI is InChI=1S/2Al.2Ca.4O.2H/q;;2*+2;;;4*-1. The van der Waals surface area contributed by atoms with Crippen LogP contribution in [0, 0.1) is 0 Å². The van der Waals surface area contributed by atoms with E-state index in [2.05, 4.69) is 0 Å². The molecule has 0 aliphatic rings. The second-order valence-corrected chi connectivity index (χ2v) is 0.577. The molecule has 0 fully saturated rings. The molecule has 0 aromatic heterocycles. The Morgan fingerprint density at radius 1 is 1.00 bits per heavy atom. The number of hydrogen-bond acceptors (Lipinski definition) is 4. The average Bonchev–Trinajstić information content (AvgIpc) is 1.39. The molecule has 0 saturated heterocycles. The van der Waals surface area contributed by atoms with Crippen molar-refractivity contribution in [2.45, 2.75) is 0 Å². The first kappa shape index (κ1) is 22.4. The third-order valence-corrected chi connectivity index (χ3v) is 0. The Morgan fingerprint density at radius 2 is 1.00 bits per heavy atom. The van der Waals surface area contributed by atoms with E-state index in [4.69, 9.17) is 15.9 Å². The Bertz CT molecular complexity index is 40.2. The summed E-state index contributed by atoms with van der Waals surface area (Å²) in [5, 5.41) is 0. The van der Waals surface area contributed by atoms with Crippen molar-refractivity contribution in [3.8, 4) is 0 Å². The molecule has 0 saturated carbocycles. The Balaban J connectivity index is -0.00000000571. The fourth-order valence-corrected chi connectivity index (χ4v) is 0. The third kappa shape index (κ3) is 68.7. The zero-order chi connectivity index (χ0) is 5.41. The van der Waals surface area contributed by atoms with Gasteiger partial charge in [0.05, 0.1) is 0 Å². The van der Waals surface area contributed by atoms with E-state index in [-0.39, 0.29) is 78.3 Å². The molecule has 8 heavy (non-hydrogen) atoms. The molecule has 0 spiro atoms. The van der Waals surface area contributed by atoms with Crippen molar-refractivity contribution in [1.29, 1.82) is 0 Å². The van der Waals surface area contributed by atoms with Crippen molar-refractivity contribution in [1.82, 2.24) is 0 Å². The zero-order valence-electron chi connectivity index (χ0n) is 6.20. The van der Waals surface area contributed by atoms with E-state index < -0.39 is 31.0 Å².